The fourth-order valence-electron chi connectivity index (χ4n) is 1.30. The van der Waals surface area contributed by atoms with E-state index in [1.54, 1.807) is 0 Å². The Labute approximate surface area is 114 Å². The van der Waals surface area contributed by atoms with Crippen molar-refractivity contribution in [3.05, 3.63) is 30.3 Å². The lowest BCUT2D eigenvalue weighted by Crippen LogP contribution is -2.15. The minimum absolute atomic E-state index is 0. The molecular weight excluding hydrogens is 281 g/mol. The number of alkyl halides is 1. The Morgan fingerprint density at radius 2 is 1.76 bits per heavy atom. The lowest BCUT2D eigenvalue weighted by Gasteiger charge is -2.06. The van der Waals surface area contributed by atoms with Crippen LogP contribution in [-0.4, -0.2) is 32.3 Å². The first-order valence-electron chi connectivity index (χ1n) is 5.19. The van der Waals surface area contributed by atoms with Crippen LogP contribution in [0.25, 0.3) is 0 Å². The van der Waals surface area contributed by atoms with Gasteiger partial charge in [0, 0.05) is 18.1 Å². The van der Waals surface area contributed by atoms with E-state index in [2.05, 4.69) is 5.32 Å². The van der Waals surface area contributed by atoms with Crippen molar-refractivity contribution in [1.29, 1.82) is 0 Å². The number of rotatable bonds is 7. The number of anilines is 1. The molecule has 0 atom stereocenters. The Kier molecular flexibility index (Phi) is 8.39. The van der Waals surface area contributed by atoms with Crippen LogP contribution in [-0.2, 0) is 9.84 Å². The van der Waals surface area contributed by atoms with E-state index >= 15 is 0 Å². The Bertz CT molecular complexity index is 395. The summed E-state index contributed by atoms with van der Waals surface area (Å²) in [6.45, 7) is 0.658. The van der Waals surface area contributed by atoms with Gasteiger partial charge >= 0.3 is 0 Å². The van der Waals surface area contributed by atoms with Gasteiger partial charge in [0.2, 0.25) is 0 Å². The predicted octanol–water partition coefficient (Wildman–Crippen LogP) is 2.56. The molecule has 6 heteroatoms. The van der Waals surface area contributed by atoms with Gasteiger partial charge in [0.1, 0.15) is 0 Å². The number of hydrogen-bond donors (Lipinski definition) is 1. The third kappa shape index (κ3) is 7.47. The van der Waals surface area contributed by atoms with Crippen molar-refractivity contribution in [2.24, 2.45) is 0 Å². The zero-order valence-electron chi connectivity index (χ0n) is 9.43. The van der Waals surface area contributed by atoms with Gasteiger partial charge in [-0.1, -0.05) is 18.2 Å². The highest BCUT2D eigenvalue weighted by Crippen LogP contribution is 2.05. The molecule has 0 aliphatic heterocycles. The fraction of sp³-hybridized carbons (Fsp3) is 0.455. The van der Waals surface area contributed by atoms with Crippen LogP contribution in [0, 0.1) is 0 Å². The van der Waals surface area contributed by atoms with Crippen LogP contribution >= 0.6 is 24.0 Å². The highest BCUT2D eigenvalue weighted by Gasteiger charge is 2.08. The van der Waals surface area contributed by atoms with Crippen LogP contribution in [0.5, 0.6) is 0 Å². The fourth-order valence-corrected chi connectivity index (χ4v) is 3.03. The van der Waals surface area contributed by atoms with Crippen LogP contribution in [0.3, 0.4) is 0 Å². The SMILES string of the molecule is Cl.O=S(=O)(CCCl)CCCNc1ccccc1. The van der Waals surface area contributed by atoms with E-state index in [1.807, 2.05) is 30.3 Å². The second-order valence-corrected chi connectivity index (χ2v) is 6.17. The van der Waals surface area contributed by atoms with Crippen LogP contribution in [0.2, 0.25) is 0 Å². The van der Waals surface area contributed by atoms with Gasteiger partial charge in [-0.05, 0) is 18.6 Å². The van der Waals surface area contributed by atoms with Crippen LogP contribution in [0.15, 0.2) is 30.3 Å². The van der Waals surface area contributed by atoms with E-state index in [0.29, 0.717) is 13.0 Å². The zero-order valence-corrected chi connectivity index (χ0v) is 11.8. The molecule has 1 aromatic rings. The molecule has 0 fully saturated rings. The molecule has 1 rings (SSSR count). The molecule has 1 aromatic carbocycles. The molecule has 0 saturated heterocycles. The van der Waals surface area contributed by atoms with Crippen LogP contribution in [0.1, 0.15) is 6.42 Å². The normalized spacial score (nSPS) is 10.6. The molecule has 0 amide bonds. The van der Waals surface area contributed by atoms with Crippen molar-refractivity contribution in [3.8, 4) is 0 Å². The van der Waals surface area contributed by atoms with E-state index in [9.17, 15) is 8.42 Å². The van der Waals surface area contributed by atoms with Gasteiger partial charge in [0.25, 0.3) is 0 Å². The molecule has 0 radical (unpaired) electrons. The second kappa shape index (κ2) is 8.61. The molecule has 0 bridgehead atoms. The summed E-state index contributed by atoms with van der Waals surface area (Å²) >= 11 is 5.40. The van der Waals surface area contributed by atoms with E-state index in [4.69, 9.17) is 11.6 Å². The zero-order chi connectivity index (χ0) is 11.9. The average molecular weight is 298 g/mol. The monoisotopic (exact) mass is 297 g/mol. The van der Waals surface area contributed by atoms with E-state index < -0.39 is 9.84 Å². The smallest absolute Gasteiger partial charge is 0.151 e. The minimum atomic E-state index is -2.96. The van der Waals surface area contributed by atoms with Crippen LogP contribution in [0.4, 0.5) is 5.69 Å². The standard InChI is InChI=1S/C11H16ClNO2S.ClH/c12-7-10-16(14,15)9-4-8-13-11-5-2-1-3-6-11;/h1-3,5-6,13H,4,7-10H2;1H. The number of para-hydroxylation sites is 1. The number of sulfone groups is 1. The first-order chi connectivity index (χ1) is 7.64. The van der Waals surface area contributed by atoms with E-state index in [0.717, 1.165) is 5.69 Å². The molecule has 0 aromatic heterocycles. The number of benzene rings is 1. The molecule has 1 N–H and O–H groups in total. The molecule has 0 spiro atoms. The summed E-state index contributed by atoms with van der Waals surface area (Å²) in [6, 6.07) is 9.72. The van der Waals surface area contributed by atoms with Gasteiger partial charge in [-0.15, -0.1) is 24.0 Å². The molecule has 98 valence electrons. The number of halogens is 2. The molecule has 0 heterocycles. The Morgan fingerprint density at radius 3 is 2.35 bits per heavy atom. The first-order valence-corrected chi connectivity index (χ1v) is 7.55. The maximum absolute atomic E-state index is 11.3. The summed E-state index contributed by atoms with van der Waals surface area (Å²) in [5.74, 6) is 0.438. The summed E-state index contributed by atoms with van der Waals surface area (Å²) in [5, 5.41) is 3.16. The van der Waals surface area contributed by atoms with Crippen molar-refractivity contribution in [3.63, 3.8) is 0 Å². The molecule has 0 saturated carbocycles. The quantitative estimate of drug-likeness (QED) is 0.621. The van der Waals surface area contributed by atoms with Crippen molar-refractivity contribution in [2.45, 2.75) is 6.42 Å². The Balaban J connectivity index is 0.00000256. The molecule has 0 aliphatic carbocycles. The van der Waals surface area contributed by atoms with Gasteiger partial charge < -0.3 is 5.32 Å². The Morgan fingerprint density at radius 1 is 1.12 bits per heavy atom. The van der Waals surface area contributed by atoms with Crippen molar-refractivity contribution < 1.29 is 8.42 Å². The maximum atomic E-state index is 11.3. The molecule has 3 nitrogen and oxygen atoms in total. The maximum Gasteiger partial charge on any atom is 0.151 e. The van der Waals surface area contributed by atoms with Gasteiger partial charge in [-0.3, -0.25) is 0 Å². The molecule has 17 heavy (non-hydrogen) atoms. The van der Waals surface area contributed by atoms with Crippen molar-refractivity contribution >= 4 is 39.5 Å². The third-order valence-corrected chi connectivity index (χ3v) is 4.27. The summed E-state index contributed by atoms with van der Waals surface area (Å²) in [4.78, 5) is 0. The van der Waals surface area contributed by atoms with Crippen molar-refractivity contribution in [2.75, 3.05) is 29.2 Å². The van der Waals surface area contributed by atoms with Crippen LogP contribution < -0.4 is 5.32 Å². The topological polar surface area (TPSA) is 46.2 Å². The van der Waals surface area contributed by atoms with E-state index in [1.165, 1.54) is 0 Å². The van der Waals surface area contributed by atoms with Gasteiger partial charge in [0.15, 0.2) is 9.84 Å². The van der Waals surface area contributed by atoms with Crippen molar-refractivity contribution in [1.82, 2.24) is 0 Å². The summed E-state index contributed by atoms with van der Waals surface area (Å²) in [7, 11) is -2.96. The third-order valence-electron chi connectivity index (χ3n) is 2.12. The largest absolute Gasteiger partial charge is 0.385 e. The van der Waals surface area contributed by atoms with Gasteiger partial charge in [-0.2, -0.15) is 0 Å². The molecule has 0 unspecified atom stereocenters. The molecule has 0 aliphatic rings. The highest BCUT2D eigenvalue weighted by atomic mass is 35.5. The highest BCUT2D eigenvalue weighted by molar-refractivity contribution is 7.91. The number of hydrogen-bond acceptors (Lipinski definition) is 3. The number of nitrogens with one attached hydrogen (secondary N) is 1. The lowest BCUT2D eigenvalue weighted by molar-refractivity contribution is 0.595. The summed E-state index contributed by atoms with van der Waals surface area (Å²) in [5.41, 5.74) is 1.01. The lowest BCUT2D eigenvalue weighted by atomic mass is 10.3. The summed E-state index contributed by atoms with van der Waals surface area (Å²) < 4.78 is 22.7. The summed E-state index contributed by atoms with van der Waals surface area (Å²) in [6.07, 6.45) is 0.605. The Hall–Kier alpha value is -0.450. The minimum Gasteiger partial charge on any atom is -0.385 e. The van der Waals surface area contributed by atoms with E-state index in [-0.39, 0.29) is 29.8 Å². The van der Waals surface area contributed by atoms with Gasteiger partial charge in [0.05, 0.1) is 11.5 Å². The average Bonchev–Trinajstić information content (AvgIpc) is 2.26. The first kappa shape index (κ1) is 16.6. The second-order valence-electron chi connectivity index (χ2n) is 3.49. The predicted molar refractivity (Wildman–Crippen MR) is 76.2 cm³/mol. The van der Waals surface area contributed by atoms with Gasteiger partial charge in [-0.25, -0.2) is 8.42 Å². The molecular formula is C11H17Cl2NO2S.